The number of amides is 1. The molecule has 1 aromatic heterocycles. The summed E-state index contributed by atoms with van der Waals surface area (Å²) in [5.74, 6) is 0.848. The van der Waals surface area contributed by atoms with E-state index in [0.29, 0.717) is 5.56 Å². The molecule has 3 fully saturated rings. The van der Waals surface area contributed by atoms with Crippen molar-refractivity contribution in [3.63, 3.8) is 0 Å². The largest absolute Gasteiger partial charge is 0.371 e. The summed E-state index contributed by atoms with van der Waals surface area (Å²) in [6.07, 6.45) is 11.5. The van der Waals surface area contributed by atoms with Crippen molar-refractivity contribution >= 4 is 17.3 Å². The molecule has 3 aliphatic rings. The van der Waals surface area contributed by atoms with E-state index in [1.54, 1.807) is 24.5 Å². The molecule has 1 aliphatic carbocycles. The lowest BCUT2D eigenvalue weighted by atomic mass is 9.90. The number of piperidine rings is 1. The van der Waals surface area contributed by atoms with Gasteiger partial charge < -0.3 is 10.2 Å². The van der Waals surface area contributed by atoms with Crippen molar-refractivity contribution in [1.29, 1.82) is 0 Å². The lowest BCUT2D eigenvalue weighted by molar-refractivity contribution is 0.102. The number of aromatic nitrogens is 1. The summed E-state index contributed by atoms with van der Waals surface area (Å²) >= 11 is 0. The summed E-state index contributed by atoms with van der Waals surface area (Å²) < 4.78 is 0. The number of likely N-dealkylation sites (tertiary alicyclic amines) is 1. The highest BCUT2D eigenvalue weighted by atomic mass is 16.1. The molecule has 152 valence electrons. The van der Waals surface area contributed by atoms with Crippen LogP contribution in [0.3, 0.4) is 0 Å². The molecule has 2 saturated heterocycles. The Bertz CT molecular complexity index is 847. The number of benzene rings is 1. The van der Waals surface area contributed by atoms with Crippen LogP contribution in [0.25, 0.3) is 0 Å². The molecule has 2 unspecified atom stereocenters. The van der Waals surface area contributed by atoms with Crippen molar-refractivity contribution in [2.75, 3.05) is 29.9 Å². The van der Waals surface area contributed by atoms with Gasteiger partial charge in [-0.2, -0.15) is 0 Å². The van der Waals surface area contributed by atoms with Gasteiger partial charge in [-0.1, -0.05) is 12.5 Å². The van der Waals surface area contributed by atoms with Crippen molar-refractivity contribution in [3.8, 4) is 0 Å². The van der Waals surface area contributed by atoms with Crippen LogP contribution in [-0.4, -0.2) is 47.5 Å². The third kappa shape index (κ3) is 4.01. The number of fused-ring (bicyclic) bond motifs is 2. The van der Waals surface area contributed by atoms with Gasteiger partial charge in [0.1, 0.15) is 0 Å². The summed E-state index contributed by atoms with van der Waals surface area (Å²) in [6.45, 7) is 3.53. The average molecular weight is 391 g/mol. The summed E-state index contributed by atoms with van der Waals surface area (Å²) in [4.78, 5) is 21.8. The topological polar surface area (TPSA) is 48.5 Å². The van der Waals surface area contributed by atoms with Crippen LogP contribution in [0.5, 0.6) is 0 Å². The van der Waals surface area contributed by atoms with Gasteiger partial charge in [-0.3, -0.25) is 14.7 Å². The molecule has 5 rings (SSSR count). The highest BCUT2D eigenvalue weighted by Gasteiger charge is 2.39. The van der Waals surface area contributed by atoms with Crippen LogP contribution < -0.4 is 10.2 Å². The van der Waals surface area contributed by atoms with Gasteiger partial charge in [0, 0.05) is 55.5 Å². The van der Waals surface area contributed by atoms with Crippen molar-refractivity contribution in [1.82, 2.24) is 9.88 Å². The van der Waals surface area contributed by atoms with E-state index in [4.69, 9.17) is 0 Å². The number of nitrogens with one attached hydrogen (secondary N) is 1. The first-order valence-electron chi connectivity index (χ1n) is 11.1. The normalized spacial score (nSPS) is 25.2. The smallest absolute Gasteiger partial charge is 0.257 e. The Balaban J connectivity index is 1.20. The number of rotatable bonds is 4. The zero-order valence-corrected chi connectivity index (χ0v) is 17.0. The number of carbonyl (C=O) groups excluding carboxylic acids is 1. The molecule has 2 aliphatic heterocycles. The summed E-state index contributed by atoms with van der Waals surface area (Å²) in [5.41, 5.74) is 2.62. The molecule has 1 saturated carbocycles. The number of hydrogen-bond donors (Lipinski definition) is 1. The fourth-order valence-corrected chi connectivity index (χ4v) is 5.56. The van der Waals surface area contributed by atoms with E-state index < -0.39 is 0 Å². The molecule has 3 heterocycles. The van der Waals surface area contributed by atoms with Gasteiger partial charge in [-0.05, 0) is 68.4 Å². The lowest BCUT2D eigenvalue weighted by Gasteiger charge is -2.40. The molecule has 2 bridgehead atoms. The molecular weight excluding hydrogens is 360 g/mol. The maximum absolute atomic E-state index is 12.4. The standard InChI is InChI=1S/C24H30N4O/c29-24(19-5-3-11-25-16-19)26-20-6-2-7-22(15-20)27-12-9-21(10-13-27)28-17-18-4-1-8-23(28)14-18/h2-3,5-7,11,15-16,18,21,23H,1,4,8-10,12-14,17H2,(H,26,29). The van der Waals surface area contributed by atoms with E-state index >= 15 is 0 Å². The Morgan fingerprint density at radius 1 is 1.03 bits per heavy atom. The Kier molecular flexibility index (Phi) is 5.23. The van der Waals surface area contributed by atoms with Gasteiger partial charge in [0.15, 0.2) is 0 Å². The van der Waals surface area contributed by atoms with E-state index in [2.05, 4.69) is 32.2 Å². The van der Waals surface area contributed by atoms with Gasteiger partial charge >= 0.3 is 0 Å². The van der Waals surface area contributed by atoms with Gasteiger partial charge in [0.2, 0.25) is 0 Å². The number of anilines is 2. The zero-order valence-electron chi connectivity index (χ0n) is 17.0. The minimum Gasteiger partial charge on any atom is -0.371 e. The molecule has 5 heteroatoms. The average Bonchev–Trinajstić information content (AvgIpc) is 3.07. The van der Waals surface area contributed by atoms with E-state index in [-0.39, 0.29) is 5.91 Å². The van der Waals surface area contributed by atoms with Crippen LogP contribution >= 0.6 is 0 Å². The maximum atomic E-state index is 12.4. The Morgan fingerprint density at radius 3 is 2.72 bits per heavy atom. The molecular formula is C24H30N4O. The molecule has 1 aromatic carbocycles. The molecule has 1 amide bonds. The van der Waals surface area contributed by atoms with Gasteiger partial charge in [0.05, 0.1) is 5.56 Å². The van der Waals surface area contributed by atoms with E-state index in [1.165, 1.54) is 50.8 Å². The predicted octanol–water partition coefficient (Wildman–Crippen LogP) is 4.18. The molecule has 29 heavy (non-hydrogen) atoms. The molecule has 1 N–H and O–H groups in total. The van der Waals surface area contributed by atoms with E-state index in [1.807, 2.05) is 12.1 Å². The van der Waals surface area contributed by atoms with E-state index in [9.17, 15) is 4.79 Å². The number of nitrogens with zero attached hydrogens (tertiary/aromatic N) is 3. The van der Waals surface area contributed by atoms with Crippen molar-refractivity contribution in [3.05, 3.63) is 54.4 Å². The van der Waals surface area contributed by atoms with E-state index in [0.717, 1.165) is 36.8 Å². The summed E-state index contributed by atoms with van der Waals surface area (Å²) in [7, 11) is 0. The van der Waals surface area contributed by atoms with Crippen LogP contribution in [0, 0.1) is 5.92 Å². The molecule has 5 nitrogen and oxygen atoms in total. The van der Waals surface area contributed by atoms with Gasteiger partial charge in [-0.15, -0.1) is 0 Å². The highest BCUT2D eigenvalue weighted by molar-refractivity contribution is 6.04. The lowest BCUT2D eigenvalue weighted by Crippen LogP contribution is -2.46. The van der Waals surface area contributed by atoms with Crippen molar-refractivity contribution < 1.29 is 4.79 Å². The Labute approximate surface area is 173 Å². The molecule has 2 atom stereocenters. The molecule has 0 spiro atoms. The van der Waals surface area contributed by atoms with Crippen LogP contribution in [0.15, 0.2) is 48.8 Å². The first kappa shape index (κ1) is 18.6. The SMILES string of the molecule is O=C(Nc1cccc(N2CCC(N3CC4CCCC3C4)CC2)c1)c1cccnc1. The van der Waals surface area contributed by atoms with Gasteiger partial charge in [0.25, 0.3) is 5.91 Å². The molecule has 2 aromatic rings. The van der Waals surface area contributed by atoms with Gasteiger partial charge in [-0.25, -0.2) is 0 Å². The molecule has 0 radical (unpaired) electrons. The van der Waals surface area contributed by atoms with Crippen LogP contribution in [0.4, 0.5) is 11.4 Å². The Hall–Kier alpha value is -2.40. The number of hydrogen-bond acceptors (Lipinski definition) is 4. The minimum atomic E-state index is -0.117. The highest BCUT2D eigenvalue weighted by Crippen LogP contribution is 2.38. The fourth-order valence-electron chi connectivity index (χ4n) is 5.56. The second-order valence-electron chi connectivity index (χ2n) is 8.85. The van der Waals surface area contributed by atoms with Crippen molar-refractivity contribution in [2.45, 2.75) is 50.6 Å². The second-order valence-corrected chi connectivity index (χ2v) is 8.85. The zero-order chi connectivity index (χ0) is 19.6. The van der Waals surface area contributed by atoms with Crippen molar-refractivity contribution in [2.24, 2.45) is 5.92 Å². The predicted molar refractivity (Wildman–Crippen MR) is 116 cm³/mol. The first-order valence-corrected chi connectivity index (χ1v) is 11.1. The minimum absolute atomic E-state index is 0.117. The number of pyridine rings is 1. The third-order valence-corrected chi connectivity index (χ3v) is 7.02. The van der Waals surface area contributed by atoms with Crippen LogP contribution in [-0.2, 0) is 0 Å². The second kappa shape index (κ2) is 8.15. The fraction of sp³-hybridized carbons (Fsp3) is 0.500. The summed E-state index contributed by atoms with van der Waals surface area (Å²) in [5, 5.41) is 3.00. The third-order valence-electron chi connectivity index (χ3n) is 7.02. The Morgan fingerprint density at radius 2 is 1.93 bits per heavy atom. The summed E-state index contributed by atoms with van der Waals surface area (Å²) in [6, 6.07) is 13.4. The van der Waals surface area contributed by atoms with Crippen LogP contribution in [0.1, 0.15) is 48.9 Å². The quantitative estimate of drug-likeness (QED) is 0.851. The van der Waals surface area contributed by atoms with Crippen LogP contribution in [0.2, 0.25) is 0 Å². The monoisotopic (exact) mass is 390 g/mol. The maximum Gasteiger partial charge on any atom is 0.257 e. The first-order chi connectivity index (χ1) is 14.3. The number of carbonyl (C=O) groups is 1.